The number of piperidine rings is 1. The van der Waals surface area contributed by atoms with Crippen LogP contribution in [0.25, 0.3) is 11.3 Å². The number of amides is 1. The summed E-state index contributed by atoms with van der Waals surface area (Å²) in [6.07, 6.45) is 1.92. The molecular weight excluding hydrogens is 324 g/mol. The van der Waals surface area contributed by atoms with Crippen molar-refractivity contribution in [3.8, 4) is 11.3 Å². The Hall–Kier alpha value is -2.14. The first kappa shape index (κ1) is 16.7. The second-order valence-electron chi connectivity index (χ2n) is 5.96. The largest absolute Gasteiger partial charge is 0.356 e. The van der Waals surface area contributed by atoms with Gasteiger partial charge in [0.2, 0.25) is 5.91 Å². The highest BCUT2D eigenvalue weighted by Gasteiger charge is 2.26. The minimum atomic E-state index is 0.0245. The first-order valence-electron chi connectivity index (χ1n) is 8.29. The highest BCUT2D eigenvalue weighted by molar-refractivity contribution is 6.30. The summed E-state index contributed by atoms with van der Waals surface area (Å²) in [5.74, 6) is 0.978. The quantitative estimate of drug-likeness (QED) is 0.925. The van der Waals surface area contributed by atoms with Crippen LogP contribution in [0.5, 0.6) is 0 Å². The molecule has 1 N–H and O–H groups in total. The summed E-state index contributed by atoms with van der Waals surface area (Å²) in [6, 6.07) is 11.5. The highest BCUT2D eigenvalue weighted by Crippen LogP contribution is 2.24. The molecule has 1 amide bonds. The lowest BCUT2D eigenvalue weighted by Crippen LogP contribution is -2.43. The summed E-state index contributed by atoms with van der Waals surface area (Å²) >= 11 is 5.91. The maximum absolute atomic E-state index is 12.1. The van der Waals surface area contributed by atoms with Crippen LogP contribution in [0.3, 0.4) is 0 Å². The number of nitrogens with zero attached hydrogens (tertiary/aromatic N) is 3. The molecule has 0 spiro atoms. The number of halogens is 1. The van der Waals surface area contributed by atoms with Crippen LogP contribution < -0.4 is 10.2 Å². The Labute approximate surface area is 147 Å². The fourth-order valence-corrected chi connectivity index (χ4v) is 3.11. The van der Waals surface area contributed by atoms with Gasteiger partial charge in [0, 0.05) is 30.2 Å². The Morgan fingerprint density at radius 3 is 2.71 bits per heavy atom. The van der Waals surface area contributed by atoms with Crippen LogP contribution in [0.2, 0.25) is 5.02 Å². The third-order valence-electron chi connectivity index (χ3n) is 4.26. The molecule has 24 heavy (non-hydrogen) atoms. The smallest absolute Gasteiger partial charge is 0.224 e. The van der Waals surface area contributed by atoms with Crippen molar-refractivity contribution in [2.75, 3.05) is 24.5 Å². The van der Waals surface area contributed by atoms with Gasteiger partial charge in [0.15, 0.2) is 5.82 Å². The van der Waals surface area contributed by atoms with Crippen LogP contribution in [-0.4, -0.2) is 35.7 Å². The second kappa shape index (κ2) is 7.62. The van der Waals surface area contributed by atoms with Crippen molar-refractivity contribution >= 4 is 23.3 Å². The zero-order valence-corrected chi connectivity index (χ0v) is 14.5. The van der Waals surface area contributed by atoms with Gasteiger partial charge in [0.25, 0.3) is 0 Å². The lowest BCUT2D eigenvalue weighted by Gasteiger charge is -2.32. The van der Waals surface area contributed by atoms with Crippen LogP contribution in [0.1, 0.15) is 19.8 Å². The molecule has 1 aliphatic heterocycles. The Morgan fingerprint density at radius 2 is 2.04 bits per heavy atom. The van der Waals surface area contributed by atoms with Crippen LogP contribution in [0.4, 0.5) is 5.82 Å². The summed E-state index contributed by atoms with van der Waals surface area (Å²) in [5, 5.41) is 12.3. The van der Waals surface area contributed by atoms with Crippen molar-refractivity contribution in [3.05, 3.63) is 41.4 Å². The number of benzene rings is 1. The average molecular weight is 345 g/mol. The van der Waals surface area contributed by atoms with Crippen molar-refractivity contribution in [1.29, 1.82) is 0 Å². The number of carbonyl (C=O) groups is 1. The minimum Gasteiger partial charge on any atom is -0.356 e. The van der Waals surface area contributed by atoms with Gasteiger partial charge < -0.3 is 10.2 Å². The molecular formula is C18H21ClN4O. The number of hydrogen-bond acceptors (Lipinski definition) is 4. The maximum Gasteiger partial charge on any atom is 0.224 e. The molecule has 6 heteroatoms. The summed E-state index contributed by atoms with van der Waals surface area (Å²) < 4.78 is 0. The Bertz CT molecular complexity index is 687. The van der Waals surface area contributed by atoms with Gasteiger partial charge in [-0.1, -0.05) is 23.7 Å². The molecule has 0 bridgehead atoms. The highest BCUT2D eigenvalue weighted by atomic mass is 35.5. The topological polar surface area (TPSA) is 58.1 Å². The van der Waals surface area contributed by atoms with Crippen LogP contribution in [0, 0.1) is 5.92 Å². The van der Waals surface area contributed by atoms with Gasteiger partial charge in [0.05, 0.1) is 11.6 Å². The standard InChI is InChI=1S/C18H21ClN4O/c1-2-20-18(24)14-4-3-11-23(12-14)17-10-9-16(21-22-17)13-5-7-15(19)8-6-13/h5-10,14H,2-4,11-12H2,1H3,(H,20,24). The van der Waals surface area contributed by atoms with E-state index in [0.29, 0.717) is 18.1 Å². The molecule has 2 aromatic rings. The number of rotatable bonds is 4. The van der Waals surface area contributed by atoms with Crippen molar-refractivity contribution < 1.29 is 4.79 Å². The fraction of sp³-hybridized carbons (Fsp3) is 0.389. The van der Waals surface area contributed by atoms with Crippen molar-refractivity contribution in [2.45, 2.75) is 19.8 Å². The van der Waals surface area contributed by atoms with E-state index >= 15 is 0 Å². The molecule has 1 aliphatic rings. The van der Waals surface area contributed by atoms with E-state index in [1.807, 2.05) is 43.3 Å². The molecule has 1 fully saturated rings. The van der Waals surface area contributed by atoms with Gasteiger partial charge in [-0.05, 0) is 44.0 Å². The first-order chi connectivity index (χ1) is 11.7. The molecule has 1 atom stereocenters. The fourth-order valence-electron chi connectivity index (χ4n) is 2.99. The number of nitrogens with one attached hydrogen (secondary N) is 1. The van der Waals surface area contributed by atoms with E-state index in [2.05, 4.69) is 20.4 Å². The Balaban J connectivity index is 1.71. The molecule has 0 radical (unpaired) electrons. The summed E-state index contributed by atoms with van der Waals surface area (Å²) in [5.41, 5.74) is 1.80. The number of anilines is 1. The van der Waals surface area contributed by atoms with E-state index in [0.717, 1.165) is 36.5 Å². The lowest BCUT2D eigenvalue weighted by molar-refractivity contribution is -0.125. The second-order valence-corrected chi connectivity index (χ2v) is 6.40. The van der Waals surface area contributed by atoms with E-state index < -0.39 is 0 Å². The molecule has 0 aliphatic carbocycles. The average Bonchev–Trinajstić information content (AvgIpc) is 2.63. The molecule has 1 saturated heterocycles. The van der Waals surface area contributed by atoms with Crippen molar-refractivity contribution in [3.63, 3.8) is 0 Å². The zero-order chi connectivity index (χ0) is 16.9. The number of aromatic nitrogens is 2. The van der Waals surface area contributed by atoms with Crippen molar-refractivity contribution in [1.82, 2.24) is 15.5 Å². The summed E-state index contributed by atoms with van der Waals surface area (Å²) in [4.78, 5) is 14.2. The van der Waals surface area contributed by atoms with Gasteiger partial charge in [-0.3, -0.25) is 4.79 Å². The predicted octanol–water partition coefficient (Wildman–Crippen LogP) is 3.15. The van der Waals surface area contributed by atoms with E-state index in [1.165, 1.54) is 0 Å². The molecule has 1 unspecified atom stereocenters. The molecule has 1 aromatic heterocycles. The summed E-state index contributed by atoms with van der Waals surface area (Å²) in [6.45, 7) is 4.22. The molecule has 0 saturated carbocycles. The van der Waals surface area contributed by atoms with E-state index in [9.17, 15) is 4.79 Å². The first-order valence-corrected chi connectivity index (χ1v) is 8.67. The van der Waals surface area contributed by atoms with E-state index in [-0.39, 0.29) is 11.8 Å². The minimum absolute atomic E-state index is 0.0245. The van der Waals surface area contributed by atoms with E-state index in [4.69, 9.17) is 11.6 Å². The third-order valence-corrected chi connectivity index (χ3v) is 4.51. The van der Waals surface area contributed by atoms with E-state index in [1.54, 1.807) is 0 Å². The third kappa shape index (κ3) is 3.85. The number of carbonyl (C=O) groups excluding carboxylic acids is 1. The SMILES string of the molecule is CCNC(=O)C1CCCN(c2ccc(-c3ccc(Cl)cc3)nn2)C1. The van der Waals surface area contributed by atoms with Gasteiger partial charge in [-0.2, -0.15) is 0 Å². The van der Waals surface area contributed by atoms with Crippen LogP contribution in [0.15, 0.2) is 36.4 Å². The maximum atomic E-state index is 12.1. The molecule has 5 nitrogen and oxygen atoms in total. The lowest BCUT2D eigenvalue weighted by atomic mass is 9.97. The Morgan fingerprint density at radius 1 is 1.25 bits per heavy atom. The van der Waals surface area contributed by atoms with Crippen molar-refractivity contribution in [2.24, 2.45) is 5.92 Å². The van der Waals surface area contributed by atoms with Crippen LogP contribution in [-0.2, 0) is 4.79 Å². The van der Waals surface area contributed by atoms with Crippen LogP contribution >= 0.6 is 11.6 Å². The molecule has 1 aromatic carbocycles. The zero-order valence-electron chi connectivity index (χ0n) is 13.7. The normalized spacial score (nSPS) is 17.6. The molecule has 126 valence electrons. The van der Waals surface area contributed by atoms with Gasteiger partial charge in [-0.25, -0.2) is 0 Å². The monoisotopic (exact) mass is 344 g/mol. The van der Waals surface area contributed by atoms with Gasteiger partial charge in [0.1, 0.15) is 0 Å². The van der Waals surface area contributed by atoms with Gasteiger partial charge >= 0.3 is 0 Å². The van der Waals surface area contributed by atoms with Gasteiger partial charge in [-0.15, -0.1) is 10.2 Å². The molecule has 3 rings (SSSR count). The predicted molar refractivity (Wildman–Crippen MR) is 96.1 cm³/mol. The Kier molecular flexibility index (Phi) is 5.30. The summed E-state index contributed by atoms with van der Waals surface area (Å²) in [7, 11) is 0. The number of hydrogen-bond donors (Lipinski definition) is 1. The molecule has 2 heterocycles.